The van der Waals surface area contributed by atoms with Crippen molar-refractivity contribution in [2.24, 2.45) is 0 Å². The van der Waals surface area contributed by atoms with Crippen molar-refractivity contribution >= 4 is 0 Å². The number of hydrogen-bond acceptors (Lipinski definition) is 0. The zero-order chi connectivity index (χ0) is 8.20. The van der Waals surface area contributed by atoms with E-state index < -0.39 is 5.67 Å². The zero-order valence-electron chi connectivity index (χ0n) is 6.95. The predicted molar refractivity (Wildman–Crippen MR) is 43.8 cm³/mol. The minimum atomic E-state index is -1.19. The maximum absolute atomic E-state index is 13.1. The number of hydrogen-bond donors (Lipinski definition) is 0. The van der Waals surface area contributed by atoms with Crippen LogP contribution >= 0.6 is 0 Å². The topological polar surface area (TPSA) is 0 Å². The molecule has 0 radical (unpaired) electrons. The Morgan fingerprint density at radius 1 is 1.60 bits per heavy atom. The van der Waals surface area contributed by atoms with E-state index in [1.807, 2.05) is 6.92 Å². The van der Waals surface area contributed by atoms with Crippen molar-refractivity contribution in [1.29, 1.82) is 0 Å². The molecule has 58 valence electrons. The fourth-order valence-corrected chi connectivity index (χ4v) is 0.879. The molecule has 0 N–H and O–H groups in total. The molecule has 0 saturated heterocycles. The van der Waals surface area contributed by atoms with E-state index in [1.165, 1.54) is 0 Å². The first kappa shape index (κ1) is 9.41. The molecule has 0 unspecified atom stereocenters. The van der Waals surface area contributed by atoms with Crippen molar-refractivity contribution in [2.75, 3.05) is 0 Å². The Hall–Kier alpha value is -0.590. The second-order valence-electron chi connectivity index (χ2n) is 2.75. The summed E-state index contributed by atoms with van der Waals surface area (Å²) < 4.78 is 13.1. The molecule has 0 saturated carbocycles. The Morgan fingerprint density at radius 2 is 2.10 bits per heavy atom. The van der Waals surface area contributed by atoms with Crippen molar-refractivity contribution in [2.45, 2.75) is 32.9 Å². The minimum absolute atomic E-state index is 0.746. The van der Waals surface area contributed by atoms with Gasteiger partial charge in [-0.1, -0.05) is 25.7 Å². The highest BCUT2D eigenvalue weighted by molar-refractivity contribution is 5.18. The van der Waals surface area contributed by atoms with Crippen molar-refractivity contribution in [3.8, 4) is 0 Å². The predicted octanol–water partition coefficient (Wildman–Crippen LogP) is 3.26. The van der Waals surface area contributed by atoms with Gasteiger partial charge in [0.15, 0.2) is 0 Å². The first-order valence-corrected chi connectivity index (χ1v) is 3.53. The van der Waals surface area contributed by atoms with Gasteiger partial charge in [-0.2, -0.15) is 0 Å². The van der Waals surface area contributed by atoms with Gasteiger partial charge in [0.05, 0.1) is 0 Å². The Labute approximate surface area is 62.4 Å². The quantitative estimate of drug-likeness (QED) is 0.530. The Balaban J connectivity index is 4.35. The summed E-state index contributed by atoms with van der Waals surface area (Å²) in [6.45, 7) is 8.58. The fourth-order valence-electron chi connectivity index (χ4n) is 0.879. The molecule has 0 rings (SSSR count). The lowest BCUT2D eigenvalue weighted by molar-refractivity contribution is 0.263. The van der Waals surface area contributed by atoms with E-state index in [9.17, 15) is 4.39 Å². The molecule has 10 heavy (non-hydrogen) atoms. The number of rotatable bonds is 3. The van der Waals surface area contributed by atoms with Crippen LogP contribution in [-0.4, -0.2) is 5.67 Å². The zero-order valence-corrected chi connectivity index (χ0v) is 6.95. The molecule has 0 heterocycles. The van der Waals surface area contributed by atoms with Crippen LogP contribution in [0, 0.1) is 0 Å². The first-order valence-electron chi connectivity index (χ1n) is 3.53. The molecule has 0 aliphatic carbocycles. The molecular weight excluding hydrogens is 127 g/mol. The maximum atomic E-state index is 13.1. The summed E-state index contributed by atoms with van der Waals surface area (Å²) in [6.07, 6.45) is 4.11. The van der Waals surface area contributed by atoms with Crippen LogP contribution in [-0.2, 0) is 0 Å². The number of alkyl halides is 1. The lowest BCUT2D eigenvalue weighted by Crippen LogP contribution is -2.14. The van der Waals surface area contributed by atoms with Crippen molar-refractivity contribution in [3.63, 3.8) is 0 Å². The van der Waals surface area contributed by atoms with Crippen LogP contribution in [0.1, 0.15) is 27.2 Å². The third kappa shape index (κ3) is 2.81. The second-order valence-corrected chi connectivity index (χ2v) is 2.75. The van der Waals surface area contributed by atoms with Crippen molar-refractivity contribution in [1.82, 2.24) is 0 Å². The Kier molecular flexibility index (Phi) is 3.34. The maximum Gasteiger partial charge on any atom is 0.126 e. The highest BCUT2D eigenvalue weighted by Crippen LogP contribution is 2.22. The van der Waals surface area contributed by atoms with Crippen LogP contribution in [0.2, 0.25) is 0 Å². The van der Waals surface area contributed by atoms with Crippen LogP contribution in [0.4, 0.5) is 4.39 Å². The van der Waals surface area contributed by atoms with E-state index in [4.69, 9.17) is 0 Å². The normalized spacial score (nSPS) is 13.4. The monoisotopic (exact) mass is 142 g/mol. The van der Waals surface area contributed by atoms with Gasteiger partial charge < -0.3 is 0 Å². The first-order chi connectivity index (χ1) is 4.52. The smallest absolute Gasteiger partial charge is 0.126 e. The third-order valence-electron chi connectivity index (χ3n) is 1.46. The van der Waals surface area contributed by atoms with Gasteiger partial charge in [-0.15, -0.1) is 0 Å². The van der Waals surface area contributed by atoms with Gasteiger partial charge in [-0.05, 0) is 25.8 Å². The van der Waals surface area contributed by atoms with Crippen molar-refractivity contribution in [3.05, 3.63) is 24.3 Å². The van der Waals surface area contributed by atoms with E-state index in [0.717, 1.165) is 12.0 Å². The standard InChI is InChI=1S/C9H15F/c1-5-7-8(6-2)9(3,4)10/h5,7H,1,6H2,2-4H3. The molecule has 0 aromatic heterocycles. The highest BCUT2D eigenvalue weighted by Gasteiger charge is 2.18. The van der Waals surface area contributed by atoms with Gasteiger partial charge in [0.2, 0.25) is 0 Å². The molecule has 0 fully saturated rings. The van der Waals surface area contributed by atoms with Crippen LogP contribution in [0.15, 0.2) is 24.3 Å². The average molecular weight is 142 g/mol. The van der Waals surface area contributed by atoms with Gasteiger partial charge in [-0.3, -0.25) is 0 Å². The fraction of sp³-hybridized carbons (Fsp3) is 0.556. The molecule has 0 spiro atoms. The van der Waals surface area contributed by atoms with E-state index in [-0.39, 0.29) is 0 Å². The summed E-state index contributed by atoms with van der Waals surface area (Å²) in [5.41, 5.74) is -0.398. The molecule has 0 atom stereocenters. The molecule has 0 aromatic rings. The average Bonchev–Trinajstić information content (AvgIpc) is 1.80. The highest BCUT2D eigenvalue weighted by atomic mass is 19.1. The van der Waals surface area contributed by atoms with Crippen molar-refractivity contribution < 1.29 is 4.39 Å². The van der Waals surface area contributed by atoms with Gasteiger partial charge in [-0.25, -0.2) is 4.39 Å². The van der Waals surface area contributed by atoms with Crippen LogP contribution in [0.5, 0.6) is 0 Å². The minimum Gasteiger partial charge on any atom is -0.240 e. The third-order valence-corrected chi connectivity index (χ3v) is 1.46. The van der Waals surface area contributed by atoms with E-state index >= 15 is 0 Å². The molecule has 0 bridgehead atoms. The molecule has 0 nitrogen and oxygen atoms in total. The molecule has 0 aliphatic heterocycles. The number of allylic oxidation sites excluding steroid dienone is 3. The summed E-state index contributed by atoms with van der Waals surface area (Å²) >= 11 is 0. The van der Waals surface area contributed by atoms with Gasteiger partial charge in [0.25, 0.3) is 0 Å². The summed E-state index contributed by atoms with van der Waals surface area (Å²) in [7, 11) is 0. The van der Waals surface area contributed by atoms with Crippen LogP contribution in [0.3, 0.4) is 0 Å². The summed E-state index contributed by atoms with van der Waals surface area (Å²) in [4.78, 5) is 0. The lowest BCUT2D eigenvalue weighted by Gasteiger charge is -2.16. The van der Waals surface area contributed by atoms with Crippen LogP contribution < -0.4 is 0 Å². The van der Waals surface area contributed by atoms with Gasteiger partial charge in [0.1, 0.15) is 5.67 Å². The van der Waals surface area contributed by atoms with Gasteiger partial charge in [0, 0.05) is 0 Å². The largest absolute Gasteiger partial charge is 0.240 e. The lowest BCUT2D eigenvalue weighted by atomic mass is 9.97. The summed E-state index contributed by atoms with van der Waals surface area (Å²) in [5.74, 6) is 0. The van der Waals surface area contributed by atoms with Crippen LogP contribution in [0.25, 0.3) is 0 Å². The molecule has 0 amide bonds. The molecular formula is C9H15F. The molecule has 0 aliphatic rings. The van der Waals surface area contributed by atoms with E-state index in [1.54, 1.807) is 26.0 Å². The Morgan fingerprint density at radius 3 is 2.20 bits per heavy atom. The molecule has 1 heteroatoms. The van der Waals surface area contributed by atoms with E-state index in [2.05, 4.69) is 6.58 Å². The summed E-state index contributed by atoms with van der Waals surface area (Å²) in [5, 5.41) is 0. The van der Waals surface area contributed by atoms with E-state index in [0.29, 0.717) is 0 Å². The van der Waals surface area contributed by atoms with Gasteiger partial charge >= 0.3 is 0 Å². The SMILES string of the molecule is C=CC=C(CC)C(C)(C)F. The Bertz CT molecular complexity index is 137. The number of halogens is 1. The second kappa shape index (κ2) is 3.55. The molecule has 0 aromatic carbocycles. The summed E-state index contributed by atoms with van der Waals surface area (Å²) in [6, 6.07) is 0.